The first-order valence-corrected chi connectivity index (χ1v) is 12.7. The van der Waals surface area contributed by atoms with Crippen LogP contribution in [0, 0.1) is 6.92 Å². The van der Waals surface area contributed by atoms with E-state index in [0.717, 1.165) is 5.56 Å². The molecule has 198 valence electrons. The SMILES string of the molecule is COc1ccc(C(=O)N2CCC3(CC2)OC[C@@H](C(=O)NCc2ccco2)N3C(=O)c2ccc(C)cc2)cc1. The fourth-order valence-electron chi connectivity index (χ4n) is 5.08. The third-order valence-electron chi connectivity index (χ3n) is 7.27. The van der Waals surface area contributed by atoms with Crippen LogP contribution in [0.25, 0.3) is 0 Å². The Kier molecular flexibility index (Phi) is 7.20. The molecule has 1 atom stereocenters. The Balaban J connectivity index is 1.35. The Labute approximate surface area is 221 Å². The quantitative estimate of drug-likeness (QED) is 0.538. The first-order chi connectivity index (χ1) is 18.4. The van der Waals surface area contributed by atoms with E-state index in [1.165, 1.54) is 0 Å². The van der Waals surface area contributed by atoms with Crippen LogP contribution in [-0.2, 0) is 16.1 Å². The maximum absolute atomic E-state index is 13.8. The zero-order valence-electron chi connectivity index (χ0n) is 21.5. The van der Waals surface area contributed by atoms with E-state index in [-0.39, 0.29) is 30.9 Å². The van der Waals surface area contributed by atoms with Crippen LogP contribution in [0.1, 0.15) is 44.9 Å². The Bertz CT molecular complexity index is 1280. The van der Waals surface area contributed by atoms with E-state index in [4.69, 9.17) is 13.9 Å². The maximum Gasteiger partial charge on any atom is 0.256 e. The van der Waals surface area contributed by atoms with Crippen molar-refractivity contribution in [2.45, 2.75) is 38.1 Å². The topological polar surface area (TPSA) is 101 Å². The summed E-state index contributed by atoms with van der Waals surface area (Å²) in [5.74, 6) is 0.629. The number of piperidine rings is 1. The lowest BCUT2D eigenvalue weighted by molar-refractivity contribution is -0.128. The number of carbonyl (C=O) groups is 3. The first-order valence-electron chi connectivity index (χ1n) is 12.7. The van der Waals surface area contributed by atoms with Crippen LogP contribution in [0.15, 0.2) is 71.3 Å². The van der Waals surface area contributed by atoms with Crippen molar-refractivity contribution < 1.29 is 28.3 Å². The highest BCUT2D eigenvalue weighted by Crippen LogP contribution is 2.39. The number of rotatable bonds is 6. The van der Waals surface area contributed by atoms with Gasteiger partial charge in [0.2, 0.25) is 5.91 Å². The average Bonchev–Trinajstić information content (AvgIpc) is 3.60. The summed E-state index contributed by atoms with van der Waals surface area (Å²) in [7, 11) is 1.58. The van der Waals surface area contributed by atoms with Crippen LogP contribution < -0.4 is 10.1 Å². The summed E-state index contributed by atoms with van der Waals surface area (Å²) in [5, 5.41) is 2.87. The molecule has 38 heavy (non-hydrogen) atoms. The minimum absolute atomic E-state index is 0.0774. The van der Waals surface area contributed by atoms with Crippen molar-refractivity contribution in [3.8, 4) is 5.75 Å². The van der Waals surface area contributed by atoms with Gasteiger partial charge in [0, 0.05) is 37.1 Å². The van der Waals surface area contributed by atoms with Crippen LogP contribution in [0.3, 0.4) is 0 Å². The molecule has 3 heterocycles. The number of benzene rings is 2. The van der Waals surface area contributed by atoms with Crippen molar-refractivity contribution in [2.75, 3.05) is 26.8 Å². The summed E-state index contributed by atoms with van der Waals surface area (Å²) in [5.41, 5.74) is 1.11. The van der Waals surface area contributed by atoms with Gasteiger partial charge in [-0.3, -0.25) is 19.3 Å². The highest BCUT2D eigenvalue weighted by molar-refractivity contribution is 5.98. The molecule has 0 unspecified atom stereocenters. The van der Waals surface area contributed by atoms with E-state index >= 15 is 0 Å². The largest absolute Gasteiger partial charge is 0.497 e. The van der Waals surface area contributed by atoms with Gasteiger partial charge in [0.15, 0.2) is 0 Å². The van der Waals surface area contributed by atoms with Gasteiger partial charge in [-0.15, -0.1) is 0 Å². The molecule has 2 aromatic carbocycles. The molecular formula is C29H31N3O6. The third kappa shape index (κ3) is 5.02. The summed E-state index contributed by atoms with van der Waals surface area (Å²) in [6.45, 7) is 3.03. The number of ether oxygens (including phenoxy) is 2. The average molecular weight is 518 g/mol. The van der Waals surface area contributed by atoms with E-state index in [0.29, 0.717) is 48.6 Å². The molecule has 0 saturated carbocycles. The van der Waals surface area contributed by atoms with Crippen LogP contribution in [0.4, 0.5) is 0 Å². The summed E-state index contributed by atoms with van der Waals surface area (Å²) in [6, 6.07) is 17.0. The first kappa shape index (κ1) is 25.5. The molecule has 9 heteroatoms. The standard InChI is InChI=1S/C29H31N3O6/c1-20-5-7-22(8-6-20)28(35)32-25(26(33)30-18-24-4-3-17-37-24)19-38-29(32)13-15-31(16-14-29)27(34)21-9-11-23(36-2)12-10-21/h3-12,17,25H,13-16,18-19H2,1-2H3,(H,30,33)/t25-/m0/s1. The van der Waals surface area contributed by atoms with Crippen LogP contribution in [0.2, 0.25) is 0 Å². The molecule has 2 aliphatic heterocycles. The lowest BCUT2D eigenvalue weighted by Crippen LogP contribution is -2.59. The number of nitrogens with zero attached hydrogens (tertiary/aromatic N) is 2. The second-order valence-corrected chi connectivity index (χ2v) is 9.63. The second kappa shape index (κ2) is 10.7. The van der Waals surface area contributed by atoms with Crippen molar-refractivity contribution in [1.29, 1.82) is 0 Å². The molecule has 0 bridgehead atoms. The highest BCUT2D eigenvalue weighted by Gasteiger charge is 2.54. The molecular weight excluding hydrogens is 486 g/mol. The minimum atomic E-state index is -0.981. The number of methoxy groups -OCH3 is 1. The normalized spacial score (nSPS) is 18.4. The summed E-state index contributed by atoms with van der Waals surface area (Å²) in [4.78, 5) is 43.6. The summed E-state index contributed by atoms with van der Waals surface area (Å²) < 4.78 is 16.8. The lowest BCUT2D eigenvalue weighted by Gasteiger charge is -2.44. The summed E-state index contributed by atoms with van der Waals surface area (Å²) in [6.07, 6.45) is 2.34. The van der Waals surface area contributed by atoms with Crippen molar-refractivity contribution in [2.24, 2.45) is 0 Å². The number of likely N-dealkylation sites (tertiary alicyclic amines) is 1. The second-order valence-electron chi connectivity index (χ2n) is 9.63. The Hall–Kier alpha value is -4.11. The van der Waals surface area contributed by atoms with Crippen LogP contribution >= 0.6 is 0 Å². The number of hydrogen-bond acceptors (Lipinski definition) is 6. The van der Waals surface area contributed by atoms with Gasteiger partial charge in [-0.2, -0.15) is 0 Å². The molecule has 1 N–H and O–H groups in total. The Morgan fingerprint density at radius 1 is 0.974 bits per heavy atom. The van der Waals surface area contributed by atoms with Gasteiger partial charge in [0.25, 0.3) is 11.8 Å². The number of amides is 3. The molecule has 1 spiro atoms. The fourth-order valence-corrected chi connectivity index (χ4v) is 5.08. The van der Waals surface area contributed by atoms with Gasteiger partial charge in [-0.25, -0.2) is 0 Å². The smallest absolute Gasteiger partial charge is 0.256 e. The number of nitrogens with one attached hydrogen (secondary N) is 1. The van der Waals surface area contributed by atoms with Gasteiger partial charge in [-0.1, -0.05) is 17.7 Å². The monoisotopic (exact) mass is 517 g/mol. The van der Waals surface area contributed by atoms with Gasteiger partial charge < -0.3 is 24.1 Å². The van der Waals surface area contributed by atoms with E-state index < -0.39 is 11.8 Å². The van der Waals surface area contributed by atoms with Gasteiger partial charge >= 0.3 is 0 Å². The molecule has 1 aromatic heterocycles. The van der Waals surface area contributed by atoms with Gasteiger partial charge in [0.1, 0.15) is 23.3 Å². The van der Waals surface area contributed by atoms with Crippen LogP contribution in [-0.4, -0.2) is 66.1 Å². The number of furan rings is 1. The molecule has 2 aliphatic rings. The third-order valence-corrected chi connectivity index (χ3v) is 7.27. The summed E-state index contributed by atoms with van der Waals surface area (Å²) >= 11 is 0. The molecule has 5 rings (SSSR count). The fraction of sp³-hybridized carbons (Fsp3) is 0.345. The zero-order chi connectivity index (χ0) is 26.7. The lowest BCUT2D eigenvalue weighted by atomic mass is 9.96. The Morgan fingerprint density at radius 3 is 2.26 bits per heavy atom. The molecule has 2 fully saturated rings. The highest BCUT2D eigenvalue weighted by atomic mass is 16.5. The molecule has 0 aliphatic carbocycles. The maximum atomic E-state index is 13.8. The molecule has 9 nitrogen and oxygen atoms in total. The van der Waals surface area contributed by atoms with Crippen molar-refractivity contribution in [1.82, 2.24) is 15.1 Å². The van der Waals surface area contributed by atoms with E-state index in [2.05, 4.69) is 5.32 Å². The van der Waals surface area contributed by atoms with Crippen molar-refractivity contribution >= 4 is 17.7 Å². The van der Waals surface area contributed by atoms with Crippen molar-refractivity contribution in [3.05, 3.63) is 89.4 Å². The molecule has 0 radical (unpaired) electrons. The predicted molar refractivity (Wildman–Crippen MR) is 139 cm³/mol. The number of aryl methyl sites for hydroxylation is 1. The zero-order valence-corrected chi connectivity index (χ0v) is 21.5. The van der Waals surface area contributed by atoms with Gasteiger partial charge in [0.05, 0.1) is 26.5 Å². The minimum Gasteiger partial charge on any atom is -0.497 e. The molecule has 2 saturated heterocycles. The number of carbonyl (C=O) groups excluding carboxylic acids is 3. The molecule has 3 aromatic rings. The van der Waals surface area contributed by atoms with Gasteiger partial charge in [-0.05, 0) is 55.5 Å². The number of hydrogen-bond donors (Lipinski definition) is 1. The van der Waals surface area contributed by atoms with Crippen molar-refractivity contribution in [3.63, 3.8) is 0 Å². The van der Waals surface area contributed by atoms with E-state index in [1.807, 2.05) is 19.1 Å². The van der Waals surface area contributed by atoms with E-state index in [1.54, 1.807) is 71.7 Å². The molecule has 3 amide bonds. The predicted octanol–water partition coefficient (Wildman–Crippen LogP) is 3.39. The Morgan fingerprint density at radius 2 is 1.63 bits per heavy atom. The van der Waals surface area contributed by atoms with E-state index in [9.17, 15) is 14.4 Å². The van der Waals surface area contributed by atoms with Crippen LogP contribution in [0.5, 0.6) is 5.75 Å².